The van der Waals surface area contributed by atoms with Crippen LogP contribution in [0.15, 0.2) is 42.6 Å². The second-order valence-corrected chi connectivity index (χ2v) is 6.22. The zero-order valence-electron chi connectivity index (χ0n) is 14.6. The lowest BCUT2D eigenvalue weighted by atomic mass is 10.1. The maximum atomic E-state index is 12.0. The molecule has 1 aliphatic heterocycles. The molecule has 1 aliphatic rings. The molecule has 2 heterocycles. The molecule has 0 aliphatic carbocycles. The van der Waals surface area contributed by atoms with Crippen LogP contribution in [0.4, 0.5) is 0 Å². The number of nitrogens with zero attached hydrogens (tertiary/aromatic N) is 2. The number of carbonyl (C=O) groups excluding carboxylic acids is 1. The smallest absolute Gasteiger partial charge is 0.224 e. The predicted octanol–water partition coefficient (Wildman–Crippen LogP) is 4.18. The summed E-state index contributed by atoms with van der Waals surface area (Å²) in [5.41, 5.74) is 0.893. The molecule has 5 heteroatoms. The number of carbonyl (C=O) groups is 1. The molecule has 0 unspecified atom stereocenters. The Kier molecular flexibility index (Phi) is 5.88. The molecular weight excluding hydrogens is 316 g/mol. The topological polar surface area (TPSA) is 51.7 Å². The lowest BCUT2D eigenvalue weighted by Crippen LogP contribution is -2.29. The average molecular weight is 340 g/mol. The average Bonchev–Trinajstić information content (AvgIpc) is 2.62. The first-order valence-corrected chi connectivity index (χ1v) is 8.83. The van der Waals surface area contributed by atoms with E-state index >= 15 is 0 Å². The molecule has 1 amide bonds. The van der Waals surface area contributed by atoms with E-state index in [-0.39, 0.29) is 5.91 Å². The van der Waals surface area contributed by atoms with Crippen molar-refractivity contribution in [3.8, 4) is 17.4 Å². The van der Waals surface area contributed by atoms with Gasteiger partial charge >= 0.3 is 0 Å². The van der Waals surface area contributed by atoms with E-state index in [9.17, 15) is 4.79 Å². The van der Waals surface area contributed by atoms with Crippen LogP contribution in [0, 0.1) is 0 Å². The molecule has 0 spiro atoms. The van der Waals surface area contributed by atoms with Gasteiger partial charge in [0.2, 0.25) is 11.8 Å². The normalized spacial score (nSPS) is 15.8. The standard InChI is InChI=1S/C20H24N2O3/c1-16(23)22-13-6-2-3-7-14-24-18-10-4-5-11-19(18)25-20-17(15-22)9-8-12-21-20/h4-5,8-12H,2-3,6-7,13-15H2,1H3. The molecule has 1 aromatic carbocycles. The molecule has 25 heavy (non-hydrogen) atoms. The molecule has 0 atom stereocenters. The number of aromatic nitrogens is 1. The van der Waals surface area contributed by atoms with Crippen molar-refractivity contribution in [3.63, 3.8) is 0 Å². The van der Waals surface area contributed by atoms with Crippen molar-refractivity contribution >= 4 is 5.91 Å². The van der Waals surface area contributed by atoms with Crippen molar-refractivity contribution in [2.24, 2.45) is 0 Å². The molecule has 0 bridgehead atoms. The first-order valence-electron chi connectivity index (χ1n) is 8.83. The van der Waals surface area contributed by atoms with Gasteiger partial charge in [-0.3, -0.25) is 4.79 Å². The summed E-state index contributed by atoms with van der Waals surface area (Å²) in [5, 5.41) is 0. The Labute approximate surface area is 148 Å². The summed E-state index contributed by atoms with van der Waals surface area (Å²) in [4.78, 5) is 18.2. The van der Waals surface area contributed by atoms with Crippen LogP contribution in [0.25, 0.3) is 0 Å². The fourth-order valence-electron chi connectivity index (χ4n) is 2.89. The minimum Gasteiger partial charge on any atom is -0.490 e. The number of benzene rings is 1. The summed E-state index contributed by atoms with van der Waals surface area (Å²) in [6.07, 6.45) is 5.86. The summed E-state index contributed by atoms with van der Waals surface area (Å²) in [6, 6.07) is 11.5. The SMILES string of the molecule is CC(=O)N1CCCCCCOc2ccccc2Oc2ncccc2C1. The Hall–Kier alpha value is -2.56. The number of para-hydroxylation sites is 2. The van der Waals surface area contributed by atoms with E-state index in [4.69, 9.17) is 9.47 Å². The quantitative estimate of drug-likeness (QED) is 0.722. The molecule has 0 saturated carbocycles. The van der Waals surface area contributed by atoms with Gasteiger partial charge in [-0.15, -0.1) is 0 Å². The number of pyridine rings is 1. The van der Waals surface area contributed by atoms with Crippen LogP contribution in [0.3, 0.4) is 0 Å². The molecule has 132 valence electrons. The van der Waals surface area contributed by atoms with Crippen LogP contribution in [0.5, 0.6) is 17.4 Å². The first kappa shape index (κ1) is 17.3. The van der Waals surface area contributed by atoms with Crippen LogP contribution in [0.2, 0.25) is 0 Å². The molecule has 0 radical (unpaired) electrons. The van der Waals surface area contributed by atoms with Crippen molar-refractivity contribution in [1.82, 2.24) is 9.88 Å². The summed E-state index contributed by atoms with van der Waals surface area (Å²) < 4.78 is 11.9. The fraction of sp³-hybridized carbons (Fsp3) is 0.400. The molecule has 5 nitrogen and oxygen atoms in total. The van der Waals surface area contributed by atoms with Crippen LogP contribution in [-0.2, 0) is 11.3 Å². The zero-order valence-corrected chi connectivity index (χ0v) is 14.6. The van der Waals surface area contributed by atoms with Gasteiger partial charge < -0.3 is 14.4 Å². The van der Waals surface area contributed by atoms with Gasteiger partial charge in [-0.05, 0) is 31.0 Å². The Morgan fingerprint density at radius 3 is 2.68 bits per heavy atom. The van der Waals surface area contributed by atoms with E-state index in [0.29, 0.717) is 24.8 Å². The summed E-state index contributed by atoms with van der Waals surface area (Å²) in [5.74, 6) is 1.96. The number of hydrogen-bond acceptors (Lipinski definition) is 4. The van der Waals surface area contributed by atoms with E-state index in [1.54, 1.807) is 13.1 Å². The number of fused-ring (bicyclic) bond motifs is 2. The third-order valence-electron chi connectivity index (χ3n) is 4.29. The highest BCUT2D eigenvalue weighted by atomic mass is 16.5. The Bertz CT molecular complexity index is 718. The number of amides is 1. The van der Waals surface area contributed by atoms with Gasteiger partial charge in [-0.2, -0.15) is 0 Å². The minimum atomic E-state index is 0.0747. The highest BCUT2D eigenvalue weighted by Gasteiger charge is 2.15. The molecule has 2 aromatic rings. The Morgan fingerprint density at radius 1 is 1.04 bits per heavy atom. The Morgan fingerprint density at radius 2 is 1.84 bits per heavy atom. The van der Waals surface area contributed by atoms with Gasteiger partial charge in [0.1, 0.15) is 0 Å². The van der Waals surface area contributed by atoms with Crippen LogP contribution in [0.1, 0.15) is 38.2 Å². The monoisotopic (exact) mass is 340 g/mol. The highest BCUT2D eigenvalue weighted by Crippen LogP contribution is 2.32. The predicted molar refractivity (Wildman–Crippen MR) is 95.8 cm³/mol. The van der Waals surface area contributed by atoms with Crippen molar-refractivity contribution < 1.29 is 14.3 Å². The van der Waals surface area contributed by atoms with E-state index < -0.39 is 0 Å². The van der Waals surface area contributed by atoms with Crippen molar-refractivity contribution in [3.05, 3.63) is 48.2 Å². The van der Waals surface area contributed by atoms with E-state index in [1.165, 1.54) is 0 Å². The van der Waals surface area contributed by atoms with Gasteiger partial charge in [0, 0.05) is 25.2 Å². The molecular formula is C20H24N2O3. The third kappa shape index (κ3) is 4.72. The zero-order chi connectivity index (χ0) is 17.5. The van der Waals surface area contributed by atoms with Gasteiger partial charge in [0.15, 0.2) is 11.5 Å². The van der Waals surface area contributed by atoms with Gasteiger partial charge in [-0.25, -0.2) is 4.98 Å². The lowest BCUT2D eigenvalue weighted by molar-refractivity contribution is -0.129. The third-order valence-corrected chi connectivity index (χ3v) is 4.29. The Balaban J connectivity index is 1.91. The second kappa shape index (κ2) is 8.51. The maximum absolute atomic E-state index is 12.0. The maximum Gasteiger partial charge on any atom is 0.224 e. The molecule has 0 fully saturated rings. The minimum absolute atomic E-state index is 0.0747. The van der Waals surface area contributed by atoms with Gasteiger partial charge in [0.05, 0.1) is 13.2 Å². The largest absolute Gasteiger partial charge is 0.490 e. The first-order chi connectivity index (χ1) is 12.2. The van der Waals surface area contributed by atoms with E-state index in [2.05, 4.69) is 4.98 Å². The summed E-state index contributed by atoms with van der Waals surface area (Å²) in [7, 11) is 0. The van der Waals surface area contributed by atoms with E-state index in [1.807, 2.05) is 41.3 Å². The van der Waals surface area contributed by atoms with Crippen molar-refractivity contribution in [2.45, 2.75) is 39.2 Å². The van der Waals surface area contributed by atoms with Crippen LogP contribution in [-0.4, -0.2) is 28.9 Å². The summed E-state index contributed by atoms with van der Waals surface area (Å²) >= 11 is 0. The second-order valence-electron chi connectivity index (χ2n) is 6.22. The molecule has 0 N–H and O–H groups in total. The number of rotatable bonds is 0. The van der Waals surface area contributed by atoms with Crippen molar-refractivity contribution in [2.75, 3.05) is 13.2 Å². The molecule has 0 saturated heterocycles. The fourth-order valence-corrected chi connectivity index (χ4v) is 2.89. The number of ether oxygens (including phenoxy) is 2. The highest BCUT2D eigenvalue weighted by molar-refractivity contribution is 5.73. The summed E-state index contributed by atoms with van der Waals surface area (Å²) in [6.45, 7) is 3.53. The molecule has 1 aromatic heterocycles. The van der Waals surface area contributed by atoms with Crippen molar-refractivity contribution in [1.29, 1.82) is 0 Å². The van der Waals surface area contributed by atoms with Crippen LogP contribution < -0.4 is 9.47 Å². The lowest BCUT2D eigenvalue weighted by Gasteiger charge is -2.23. The van der Waals surface area contributed by atoms with E-state index in [0.717, 1.165) is 43.5 Å². The van der Waals surface area contributed by atoms with Gasteiger partial charge in [0.25, 0.3) is 0 Å². The molecule has 3 rings (SSSR count). The number of hydrogen-bond donors (Lipinski definition) is 0. The van der Waals surface area contributed by atoms with Crippen LogP contribution >= 0.6 is 0 Å². The van der Waals surface area contributed by atoms with Gasteiger partial charge in [-0.1, -0.05) is 31.0 Å².